The van der Waals surface area contributed by atoms with E-state index in [-0.39, 0.29) is 5.56 Å². The summed E-state index contributed by atoms with van der Waals surface area (Å²) in [7, 11) is 0. The first-order valence-electron chi connectivity index (χ1n) is 9.16. The molecule has 0 aliphatic heterocycles. The SMILES string of the molecule is Cc1nc(CSc2nc3ccccc3c(=O)n2CCCc2ccccc2)no1. The molecule has 2 aromatic heterocycles. The summed E-state index contributed by atoms with van der Waals surface area (Å²) >= 11 is 1.46. The van der Waals surface area contributed by atoms with Crippen LogP contribution in [0, 0.1) is 6.92 Å². The molecule has 4 aromatic rings. The molecule has 0 N–H and O–H groups in total. The van der Waals surface area contributed by atoms with Crippen molar-refractivity contribution in [3.8, 4) is 0 Å². The van der Waals surface area contributed by atoms with Crippen molar-refractivity contribution < 1.29 is 4.52 Å². The Hall–Kier alpha value is -2.93. The molecule has 28 heavy (non-hydrogen) atoms. The molecule has 0 aliphatic carbocycles. The first-order chi connectivity index (χ1) is 13.7. The minimum atomic E-state index is -0.00884. The third kappa shape index (κ3) is 4.14. The van der Waals surface area contributed by atoms with Crippen molar-refractivity contribution in [2.24, 2.45) is 0 Å². The molecule has 0 amide bonds. The largest absolute Gasteiger partial charge is 0.340 e. The van der Waals surface area contributed by atoms with Gasteiger partial charge in [0.15, 0.2) is 11.0 Å². The maximum absolute atomic E-state index is 13.1. The summed E-state index contributed by atoms with van der Waals surface area (Å²) in [5.41, 5.74) is 1.96. The molecule has 0 aliphatic rings. The number of aromatic nitrogens is 4. The molecule has 0 fully saturated rings. The van der Waals surface area contributed by atoms with E-state index in [4.69, 9.17) is 9.51 Å². The van der Waals surface area contributed by atoms with Gasteiger partial charge < -0.3 is 4.52 Å². The predicted molar refractivity (Wildman–Crippen MR) is 109 cm³/mol. The van der Waals surface area contributed by atoms with E-state index in [2.05, 4.69) is 22.3 Å². The van der Waals surface area contributed by atoms with Crippen molar-refractivity contribution in [3.63, 3.8) is 0 Å². The molecule has 0 bridgehead atoms. The molecule has 0 spiro atoms. The second kappa shape index (κ2) is 8.39. The standard InChI is InChI=1S/C21H20N4O2S/c1-15-22-19(24-27-15)14-28-21-23-18-12-6-5-11-17(18)20(26)25(21)13-7-10-16-8-3-2-4-9-16/h2-6,8-9,11-12H,7,10,13-14H2,1H3. The highest BCUT2D eigenvalue weighted by molar-refractivity contribution is 7.98. The highest BCUT2D eigenvalue weighted by Gasteiger charge is 2.13. The van der Waals surface area contributed by atoms with E-state index in [9.17, 15) is 4.79 Å². The first kappa shape index (κ1) is 18.4. The molecule has 6 nitrogen and oxygen atoms in total. The van der Waals surface area contributed by atoms with Crippen LogP contribution in [-0.4, -0.2) is 19.7 Å². The molecular weight excluding hydrogens is 372 g/mol. The Morgan fingerprint density at radius 2 is 1.82 bits per heavy atom. The van der Waals surface area contributed by atoms with Gasteiger partial charge in [-0.1, -0.05) is 59.4 Å². The molecule has 2 heterocycles. The molecular formula is C21H20N4O2S. The topological polar surface area (TPSA) is 73.8 Å². The summed E-state index contributed by atoms with van der Waals surface area (Å²) in [5, 5.41) is 5.25. The number of fused-ring (bicyclic) bond motifs is 1. The fourth-order valence-electron chi connectivity index (χ4n) is 3.07. The van der Waals surface area contributed by atoms with Crippen LogP contribution < -0.4 is 5.56 Å². The maximum Gasteiger partial charge on any atom is 0.262 e. The summed E-state index contributed by atoms with van der Waals surface area (Å²) < 4.78 is 6.79. The van der Waals surface area contributed by atoms with Crippen LogP contribution in [0.25, 0.3) is 10.9 Å². The Kier molecular flexibility index (Phi) is 5.53. The van der Waals surface area contributed by atoms with Crippen LogP contribution in [0.1, 0.15) is 23.7 Å². The Labute approximate surface area is 166 Å². The van der Waals surface area contributed by atoms with Crippen molar-refractivity contribution in [1.82, 2.24) is 19.7 Å². The molecule has 0 radical (unpaired) electrons. The zero-order valence-corrected chi connectivity index (χ0v) is 16.4. The normalized spacial score (nSPS) is 11.2. The number of aryl methyl sites for hydroxylation is 2. The molecule has 142 valence electrons. The fourth-order valence-corrected chi connectivity index (χ4v) is 3.94. The van der Waals surface area contributed by atoms with Gasteiger partial charge >= 0.3 is 0 Å². The minimum Gasteiger partial charge on any atom is -0.340 e. The Balaban J connectivity index is 1.59. The summed E-state index contributed by atoms with van der Waals surface area (Å²) in [6.45, 7) is 2.37. The second-order valence-corrected chi connectivity index (χ2v) is 7.42. The van der Waals surface area contributed by atoms with Crippen LogP contribution in [0.3, 0.4) is 0 Å². The monoisotopic (exact) mass is 392 g/mol. The van der Waals surface area contributed by atoms with Gasteiger partial charge in [-0.15, -0.1) is 0 Å². The minimum absolute atomic E-state index is 0.00884. The van der Waals surface area contributed by atoms with Gasteiger partial charge in [0.2, 0.25) is 5.89 Å². The predicted octanol–water partition coefficient (Wildman–Crippen LogP) is 4.01. The van der Waals surface area contributed by atoms with E-state index in [1.807, 2.05) is 42.5 Å². The van der Waals surface area contributed by atoms with Crippen LogP contribution in [0.4, 0.5) is 0 Å². The van der Waals surface area contributed by atoms with Gasteiger partial charge in [0, 0.05) is 13.5 Å². The van der Waals surface area contributed by atoms with E-state index in [1.165, 1.54) is 17.3 Å². The summed E-state index contributed by atoms with van der Waals surface area (Å²) in [6.07, 6.45) is 1.77. The third-order valence-electron chi connectivity index (χ3n) is 4.42. The van der Waals surface area contributed by atoms with Crippen LogP contribution in [0.15, 0.2) is 69.1 Å². The molecule has 0 saturated heterocycles. The lowest BCUT2D eigenvalue weighted by Gasteiger charge is -2.12. The number of benzene rings is 2. The first-order valence-corrected chi connectivity index (χ1v) is 10.1. The van der Waals surface area contributed by atoms with E-state index in [1.54, 1.807) is 11.5 Å². The Morgan fingerprint density at radius 1 is 1.04 bits per heavy atom. The molecule has 4 rings (SSSR count). The highest BCUT2D eigenvalue weighted by Crippen LogP contribution is 2.21. The zero-order chi connectivity index (χ0) is 19.3. The zero-order valence-electron chi connectivity index (χ0n) is 15.5. The number of rotatable bonds is 7. The highest BCUT2D eigenvalue weighted by atomic mass is 32.2. The van der Waals surface area contributed by atoms with Gasteiger partial charge in [0.1, 0.15) is 0 Å². The van der Waals surface area contributed by atoms with Crippen molar-refractivity contribution >= 4 is 22.7 Å². The van der Waals surface area contributed by atoms with E-state index in [0.29, 0.717) is 40.1 Å². The third-order valence-corrected chi connectivity index (χ3v) is 5.39. The maximum atomic E-state index is 13.1. The average molecular weight is 392 g/mol. The van der Waals surface area contributed by atoms with Gasteiger partial charge in [0.25, 0.3) is 5.56 Å². The van der Waals surface area contributed by atoms with Crippen molar-refractivity contribution in [2.75, 3.05) is 0 Å². The Bertz CT molecular complexity index is 1140. The van der Waals surface area contributed by atoms with Gasteiger partial charge in [-0.25, -0.2) is 4.98 Å². The van der Waals surface area contributed by atoms with Crippen LogP contribution >= 0.6 is 11.8 Å². The average Bonchev–Trinajstić information content (AvgIpc) is 3.14. The van der Waals surface area contributed by atoms with Gasteiger partial charge in [-0.05, 0) is 30.5 Å². The van der Waals surface area contributed by atoms with E-state index >= 15 is 0 Å². The molecule has 0 saturated carbocycles. The van der Waals surface area contributed by atoms with Crippen LogP contribution in [0.5, 0.6) is 0 Å². The van der Waals surface area contributed by atoms with Gasteiger partial charge in [-0.2, -0.15) is 4.98 Å². The lowest BCUT2D eigenvalue weighted by molar-refractivity contribution is 0.389. The molecule has 2 aromatic carbocycles. The van der Waals surface area contributed by atoms with E-state index in [0.717, 1.165) is 12.8 Å². The Morgan fingerprint density at radius 3 is 2.61 bits per heavy atom. The smallest absolute Gasteiger partial charge is 0.262 e. The molecule has 0 unspecified atom stereocenters. The van der Waals surface area contributed by atoms with Crippen molar-refractivity contribution in [3.05, 3.63) is 82.2 Å². The summed E-state index contributed by atoms with van der Waals surface area (Å²) in [4.78, 5) is 22.0. The lowest BCUT2D eigenvalue weighted by Crippen LogP contribution is -2.23. The second-order valence-electron chi connectivity index (χ2n) is 6.48. The summed E-state index contributed by atoms with van der Waals surface area (Å²) in [6, 6.07) is 17.8. The van der Waals surface area contributed by atoms with Gasteiger partial charge in [-0.3, -0.25) is 9.36 Å². The fraction of sp³-hybridized carbons (Fsp3) is 0.238. The van der Waals surface area contributed by atoms with Gasteiger partial charge in [0.05, 0.1) is 16.7 Å². The molecule has 0 atom stereocenters. The summed E-state index contributed by atoms with van der Waals surface area (Å²) in [5.74, 6) is 1.63. The quantitative estimate of drug-likeness (QED) is 0.349. The van der Waals surface area contributed by atoms with E-state index < -0.39 is 0 Å². The number of nitrogens with zero attached hydrogens (tertiary/aromatic N) is 4. The van der Waals surface area contributed by atoms with Crippen LogP contribution in [-0.2, 0) is 18.7 Å². The molecule has 7 heteroatoms. The number of hydrogen-bond donors (Lipinski definition) is 0. The van der Waals surface area contributed by atoms with Crippen LogP contribution in [0.2, 0.25) is 0 Å². The lowest BCUT2D eigenvalue weighted by atomic mass is 10.1. The van der Waals surface area contributed by atoms with Crippen molar-refractivity contribution in [2.45, 2.75) is 37.2 Å². The van der Waals surface area contributed by atoms with Crippen molar-refractivity contribution in [1.29, 1.82) is 0 Å². The number of thioether (sulfide) groups is 1. The number of para-hydroxylation sites is 1. The number of hydrogen-bond acceptors (Lipinski definition) is 6.